The summed E-state index contributed by atoms with van der Waals surface area (Å²) in [5.74, 6) is 0.979. The Kier molecular flexibility index (Phi) is 4.83. The number of likely N-dealkylation sites (N-methyl/N-ethyl adjacent to an activating group) is 1. The second kappa shape index (κ2) is 6.40. The van der Waals surface area contributed by atoms with Crippen LogP contribution in [0, 0.1) is 13.8 Å². The van der Waals surface area contributed by atoms with Crippen molar-refractivity contribution in [2.75, 3.05) is 20.7 Å². The zero-order chi connectivity index (χ0) is 13.8. The van der Waals surface area contributed by atoms with Gasteiger partial charge in [0.05, 0.1) is 7.11 Å². The van der Waals surface area contributed by atoms with E-state index < -0.39 is 0 Å². The number of ether oxygens (including phenoxy) is 1. The van der Waals surface area contributed by atoms with Crippen molar-refractivity contribution in [1.82, 2.24) is 10.6 Å². The molecule has 2 N–H and O–H groups in total. The summed E-state index contributed by atoms with van der Waals surface area (Å²) >= 11 is 0. The number of hydrogen-bond acceptors (Lipinski definition) is 3. The van der Waals surface area contributed by atoms with E-state index in [4.69, 9.17) is 4.74 Å². The molecule has 1 aliphatic rings. The van der Waals surface area contributed by atoms with Crippen LogP contribution in [0.25, 0.3) is 0 Å². The lowest BCUT2D eigenvalue weighted by Gasteiger charge is -2.32. The smallest absolute Gasteiger partial charge is 0.122 e. The molecule has 1 aliphatic heterocycles. The Bertz CT molecular complexity index is 425. The lowest BCUT2D eigenvalue weighted by atomic mass is 9.89. The molecule has 1 aromatic carbocycles. The summed E-state index contributed by atoms with van der Waals surface area (Å²) in [6.45, 7) is 5.42. The van der Waals surface area contributed by atoms with Gasteiger partial charge in [-0.15, -0.1) is 0 Å². The number of aryl methyl sites for hydroxylation is 2. The fourth-order valence-electron chi connectivity index (χ4n) is 3.10. The Morgan fingerprint density at radius 2 is 2.05 bits per heavy atom. The van der Waals surface area contributed by atoms with Gasteiger partial charge in [0.25, 0.3) is 0 Å². The molecule has 0 spiro atoms. The van der Waals surface area contributed by atoms with E-state index in [1.807, 2.05) is 0 Å². The lowest BCUT2D eigenvalue weighted by molar-refractivity contribution is 0.325. The SMILES string of the molecule is CNC(c1cc(C)c(OC)cc1C)C1CCCCN1. The van der Waals surface area contributed by atoms with Gasteiger partial charge >= 0.3 is 0 Å². The van der Waals surface area contributed by atoms with Gasteiger partial charge in [0.1, 0.15) is 5.75 Å². The van der Waals surface area contributed by atoms with E-state index in [-0.39, 0.29) is 0 Å². The Labute approximate surface area is 116 Å². The summed E-state index contributed by atoms with van der Waals surface area (Å²) < 4.78 is 5.40. The van der Waals surface area contributed by atoms with E-state index >= 15 is 0 Å². The molecular formula is C16H26N2O. The number of methoxy groups -OCH3 is 1. The van der Waals surface area contributed by atoms with Crippen LogP contribution in [0.5, 0.6) is 5.75 Å². The van der Waals surface area contributed by atoms with Gasteiger partial charge in [-0.05, 0) is 63.0 Å². The molecule has 0 aliphatic carbocycles. The molecule has 3 nitrogen and oxygen atoms in total. The van der Waals surface area contributed by atoms with Crippen LogP contribution >= 0.6 is 0 Å². The highest BCUT2D eigenvalue weighted by atomic mass is 16.5. The third-order valence-electron chi connectivity index (χ3n) is 4.18. The molecule has 3 heteroatoms. The third kappa shape index (κ3) is 3.10. The van der Waals surface area contributed by atoms with Crippen molar-refractivity contribution >= 4 is 0 Å². The molecule has 0 radical (unpaired) electrons. The Hall–Kier alpha value is -1.06. The summed E-state index contributed by atoms with van der Waals surface area (Å²) in [7, 11) is 3.79. The normalized spacial score (nSPS) is 21.2. The van der Waals surface area contributed by atoms with Crippen molar-refractivity contribution in [2.45, 2.75) is 45.2 Å². The summed E-state index contributed by atoms with van der Waals surface area (Å²) in [4.78, 5) is 0. The molecule has 2 atom stereocenters. The number of piperidine rings is 1. The maximum Gasteiger partial charge on any atom is 0.122 e. The van der Waals surface area contributed by atoms with Crippen LogP contribution in [-0.4, -0.2) is 26.7 Å². The molecular weight excluding hydrogens is 236 g/mol. The fraction of sp³-hybridized carbons (Fsp3) is 0.625. The minimum atomic E-state index is 0.380. The van der Waals surface area contributed by atoms with E-state index in [0.29, 0.717) is 12.1 Å². The van der Waals surface area contributed by atoms with Crippen molar-refractivity contribution in [3.63, 3.8) is 0 Å². The van der Waals surface area contributed by atoms with E-state index in [9.17, 15) is 0 Å². The Balaban J connectivity index is 2.29. The monoisotopic (exact) mass is 262 g/mol. The molecule has 2 unspecified atom stereocenters. The van der Waals surface area contributed by atoms with Crippen molar-refractivity contribution in [2.24, 2.45) is 0 Å². The molecule has 0 bridgehead atoms. The molecule has 0 saturated carbocycles. The first-order valence-corrected chi connectivity index (χ1v) is 7.23. The highest BCUT2D eigenvalue weighted by Gasteiger charge is 2.25. The predicted molar refractivity (Wildman–Crippen MR) is 79.9 cm³/mol. The standard InChI is InChI=1S/C16H26N2O/c1-11-10-15(19-4)12(2)9-13(11)16(17-3)14-7-5-6-8-18-14/h9-10,14,16-18H,5-8H2,1-4H3. The van der Waals surface area contributed by atoms with Crippen LogP contribution in [0.3, 0.4) is 0 Å². The number of benzene rings is 1. The van der Waals surface area contributed by atoms with E-state index in [1.54, 1.807) is 7.11 Å². The molecule has 1 heterocycles. The van der Waals surface area contributed by atoms with Crippen LogP contribution in [-0.2, 0) is 0 Å². The Morgan fingerprint density at radius 3 is 2.63 bits per heavy atom. The van der Waals surface area contributed by atoms with Gasteiger partial charge in [-0.1, -0.05) is 12.5 Å². The van der Waals surface area contributed by atoms with Gasteiger partial charge in [-0.2, -0.15) is 0 Å². The minimum absolute atomic E-state index is 0.380. The largest absolute Gasteiger partial charge is 0.496 e. The minimum Gasteiger partial charge on any atom is -0.496 e. The van der Waals surface area contributed by atoms with Gasteiger partial charge in [0.15, 0.2) is 0 Å². The van der Waals surface area contributed by atoms with Crippen LogP contribution in [0.15, 0.2) is 12.1 Å². The van der Waals surface area contributed by atoms with Crippen molar-refractivity contribution in [3.8, 4) is 5.75 Å². The van der Waals surface area contributed by atoms with Gasteiger partial charge < -0.3 is 15.4 Å². The Morgan fingerprint density at radius 1 is 1.26 bits per heavy atom. The van der Waals surface area contributed by atoms with Gasteiger partial charge in [0, 0.05) is 12.1 Å². The van der Waals surface area contributed by atoms with Gasteiger partial charge in [-0.25, -0.2) is 0 Å². The predicted octanol–water partition coefficient (Wildman–Crippen LogP) is 2.71. The van der Waals surface area contributed by atoms with Gasteiger partial charge in [0.2, 0.25) is 0 Å². The zero-order valence-electron chi connectivity index (χ0n) is 12.5. The van der Waals surface area contributed by atoms with E-state index in [1.165, 1.54) is 36.0 Å². The second-order valence-electron chi connectivity index (χ2n) is 5.50. The lowest BCUT2D eigenvalue weighted by Crippen LogP contribution is -2.43. The first-order chi connectivity index (χ1) is 9.17. The van der Waals surface area contributed by atoms with Crippen LogP contribution in [0.4, 0.5) is 0 Å². The molecule has 19 heavy (non-hydrogen) atoms. The third-order valence-corrected chi connectivity index (χ3v) is 4.18. The molecule has 0 amide bonds. The molecule has 2 rings (SSSR count). The first-order valence-electron chi connectivity index (χ1n) is 7.23. The summed E-state index contributed by atoms with van der Waals surface area (Å²) in [6.07, 6.45) is 3.87. The number of hydrogen-bond donors (Lipinski definition) is 2. The average Bonchev–Trinajstić information content (AvgIpc) is 2.44. The quantitative estimate of drug-likeness (QED) is 0.875. The van der Waals surface area contributed by atoms with Crippen LogP contribution < -0.4 is 15.4 Å². The van der Waals surface area contributed by atoms with Crippen LogP contribution in [0.1, 0.15) is 42.0 Å². The topological polar surface area (TPSA) is 33.3 Å². The average molecular weight is 262 g/mol. The van der Waals surface area contributed by atoms with E-state index in [2.05, 4.69) is 43.7 Å². The molecule has 1 fully saturated rings. The highest BCUT2D eigenvalue weighted by molar-refractivity contribution is 5.43. The number of rotatable bonds is 4. The maximum absolute atomic E-state index is 5.40. The molecule has 1 saturated heterocycles. The van der Waals surface area contributed by atoms with Crippen LogP contribution in [0.2, 0.25) is 0 Å². The first kappa shape index (κ1) is 14.4. The van der Waals surface area contributed by atoms with Crippen molar-refractivity contribution < 1.29 is 4.74 Å². The summed E-state index contributed by atoms with van der Waals surface area (Å²) in [5, 5.41) is 7.14. The highest BCUT2D eigenvalue weighted by Crippen LogP contribution is 2.30. The second-order valence-corrected chi connectivity index (χ2v) is 5.50. The maximum atomic E-state index is 5.40. The summed E-state index contributed by atoms with van der Waals surface area (Å²) in [5.41, 5.74) is 3.90. The number of nitrogens with one attached hydrogen (secondary N) is 2. The summed E-state index contributed by atoms with van der Waals surface area (Å²) in [6, 6.07) is 5.33. The zero-order valence-corrected chi connectivity index (χ0v) is 12.5. The van der Waals surface area contributed by atoms with Crippen molar-refractivity contribution in [3.05, 3.63) is 28.8 Å². The van der Waals surface area contributed by atoms with Crippen molar-refractivity contribution in [1.29, 1.82) is 0 Å². The van der Waals surface area contributed by atoms with Gasteiger partial charge in [-0.3, -0.25) is 0 Å². The molecule has 0 aromatic heterocycles. The molecule has 1 aromatic rings. The molecule has 106 valence electrons. The van der Waals surface area contributed by atoms with E-state index in [0.717, 1.165) is 12.3 Å². The fourth-order valence-corrected chi connectivity index (χ4v) is 3.10.